The molecule has 0 unspecified atom stereocenters. The van der Waals surface area contributed by atoms with Crippen LogP contribution in [0.3, 0.4) is 0 Å². The predicted octanol–water partition coefficient (Wildman–Crippen LogP) is 5.17. The molecule has 1 amide bonds. The van der Waals surface area contributed by atoms with E-state index in [4.69, 9.17) is 4.74 Å². The van der Waals surface area contributed by atoms with Crippen LogP contribution in [0.15, 0.2) is 54.6 Å². The van der Waals surface area contributed by atoms with E-state index in [2.05, 4.69) is 26.0 Å². The molecule has 1 saturated heterocycles. The molecular weight excluding hydrogens is 410 g/mol. The van der Waals surface area contributed by atoms with Gasteiger partial charge in [0.25, 0.3) is 5.91 Å². The van der Waals surface area contributed by atoms with Crippen molar-refractivity contribution < 1.29 is 19.4 Å². The van der Waals surface area contributed by atoms with Crippen LogP contribution in [0, 0.1) is 0 Å². The number of carboxylic acids is 1. The van der Waals surface area contributed by atoms with Gasteiger partial charge in [-0.05, 0) is 61.4 Å². The number of rotatable bonds is 5. The second-order valence-corrected chi connectivity index (χ2v) is 10.1. The number of thioether (sulfide) groups is 1. The molecule has 1 aliphatic heterocycles. The Bertz CT molecular complexity index is 920. The fraction of sp³-hybridized carbons (Fsp3) is 0.440. The second kappa shape index (κ2) is 8.95. The van der Waals surface area contributed by atoms with Gasteiger partial charge in [0.2, 0.25) is 0 Å². The van der Waals surface area contributed by atoms with Crippen LogP contribution in [0.25, 0.3) is 0 Å². The molecule has 1 N–H and O–H groups in total. The van der Waals surface area contributed by atoms with Crippen molar-refractivity contribution in [3.05, 3.63) is 65.7 Å². The smallest absolute Gasteiger partial charge is 0.327 e. The molecule has 0 radical (unpaired) electrons. The SMILES string of the molecule is CC(C)c1ccc(OC2CCC3(CC2)SC[C@H](C(=O)O)N3C(=O)c2ccccc2)cc1. The first-order chi connectivity index (χ1) is 14.9. The first-order valence-electron chi connectivity index (χ1n) is 10.9. The zero-order valence-corrected chi connectivity index (χ0v) is 18.8. The molecule has 1 spiro atoms. The van der Waals surface area contributed by atoms with Crippen LogP contribution in [0.2, 0.25) is 0 Å². The van der Waals surface area contributed by atoms with Gasteiger partial charge >= 0.3 is 5.97 Å². The van der Waals surface area contributed by atoms with Gasteiger partial charge in [0.1, 0.15) is 11.8 Å². The van der Waals surface area contributed by atoms with Gasteiger partial charge < -0.3 is 14.7 Å². The first-order valence-corrected chi connectivity index (χ1v) is 11.9. The van der Waals surface area contributed by atoms with Crippen molar-refractivity contribution in [2.24, 2.45) is 0 Å². The highest BCUT2D eigenvalue weighted by molar-refractivity contribution is 8.01. The Hall–Kier alpha value is -2.47. The van der Waals surface area contributed by atoms with E-state index in [1.165, 1.54) is 5.56 Å². The molecule has 164 valence electrons. The molecule has 31 heavy (non-hydrogen) atoms. The van der Waals surface area contributed by atoms with Gasteiger partial charge in [0, 0.05) is 11.3 Å². The van der Waals surface area contributed by atoms with Crippen molar-refractivity contribution >= 4 is 23.6 Å². The molecule has 1 atom stereocenters. The highest BCUT2D eigenvalue weighted by Gasteiger charge is 2.53. The zero-order chi connectivity index (χ0) is 22.0. The van der Waals surface area contributed by atoms with Gasteiger partial charge in [-0.3, -0.25) is 4.79 Å². The number of nitrogens with zero attached hydrogens (tertiary/aromatic N) is 1. The van der Waals surface area contributed by atoms with E-state index in [1.54, 1.807) is 28.8 Å². The van der Waals surface area contributed by atoms with Crippen LogP contribution < -0.4 is 4.74 Å². The summed E-state index contributed by atoms with van der Waals surface area (Å²) in [4.78, 5) is 26.4. The quantitative estimate of drug-likeness (QED) is 0.696. The van der Waals surface area contributed by atoms with Gasteiger partial charge in [-0.25, -0.2) is 4.79 Å². The third-order valence-corrected chi connectivity index (χ3v) is 7.97. The lowest BCUT2D eigenvalue weighted by atomic mass is 9.89. The van der Waals surface area contributed by atoms with Crippen molar-refractivity contribution in [1.82, 2.24) is 4.90 Å². The fourth-order valence-electron chi connectivity index (χ4n) is 4.56. The molecule has 4 rings (SSSR count). The number of hydrogen-bond acceptors (Lipinski definition) is 4. The molecule has 2 aliphatic rings. The third kappa shape index (κ3) is 4.45. The van der Waals surface area contributed by atoms with Crippen molar-refractivity contribution in [2.75, 3.05) is 5.75 Å². The maximum atomic E-state index is 13.3. The average molecular weight is 440 g/mol. The van der Waals surface area contributed by atoms with Gasteiger partial charge in [-0.2, -0.15) is 0 Å². The maximum absolute atomic E-state index is 13.3. The summed E-state index contributed by atoms with van der Waals surface area (Å²) in [6.07, 6.45) is 3.13. The number of carbonyl (C=O) groups excluding carboxylic acids is 1. The van der Waals surface area contributed by atoms with E-state index in [0.717, 1.165) is 31.4 Å². The number of carbonyl (C=O) groups is 2. The van der Waals surface area contributed by atoms with Crippen LogP contribution in [-0.4, -0.2) is 44.7 Å². The topological polar surface area (TPSA) is 66.8 Å². The Morgan fingerprint density at radius 1 is 1.06 bits per heavy atom. The summed E-state index contributed by atoms with van der Waals surface area (Å²) in [5.74, 6) is 0.651. The number of hydrogen-bond donors (Lipinski definition) is 1. The molecule has 2 aromatic carbocycles. The second-order valence-electron chi connectivity index (χ2n) is 8.69. The zero-order valence-electron chi connectivity index (χ0n) is 18.0. The number of carboxylic acid groups (broad SMARTS) is 1. The Kier molecular flexibility index (Phi) is 6.28. The van der Waals surface area contributed by atoms with E-state index in [0.29, 0.717) is 17.2 Å². The molecule has 0 bridgehead atoms. The Morgan fingerprint density at radius 3 is 2.29 bits per heavy atom. The molecule has 0 aromatic heterocycles. The summed E-state index contributed by atoms with van der Waals surface area (Å²) < 4.78 is 6.22. The summed E-state index contributed by atoms with van der Waals surface area (Å²) in [5.41, 5.74) is 1.83. The molecule has 2 fully saturated rings. The van der Waals surface area contributed by atoms with Crippen molar-refractivity contribution in [1.29, 1.82) is 0 Å². The van der Waals surface area contributed by atoms with E-state index >= 15 is 0 Å². The van der Waals surface area contributed by atoms with Gasteiger partial charge in [0.15, 0.2) is 0 Å². The Morgan fingerprint density at radius 2 is 1.71 bits per heavy atom. The van der Waals surface area contributed by atoms with Crippen LogP contribution in [0.4, 0.5) is 0 Å². The van der Waals surface area contributed by atoms with E-state index in [1.807, 2.05) is 30.3 Å². The highest BCUT2D eigenvalue weighted by Crippen LogP contribution is 2.50. The summed E-state index contributed by atoms with van der Waals surface area (Å²) in [6.45, 7) is 4.34. The Balaban J connectivity index is 1.47. The van der Waals surface area contributed by atoms with Gasteiger partial charge in [0.05, 0.1) is 11.0 Å². The van der Waals surface area contributed by atoms with Crippen LogP contribution in [0.1, 0.15) is 61.4 Å². The van der Waals surface area contributed by atoms with Crippen molar-refractivity contribution in [3.8, 4) is 5.75 Å². The maximum Gasteiger partial charge on any atom is 0.327 e. The number of benzene rings is 2. The molecule has 1 aliphatic carbocycles. The normalized spacial score (nSPS) is 25.7. The van der Waals surface area contributed by atoms with Crippen molar-refractivity contribution in [2.45, 2.75) is 62.5 Å². The molecule has 6 heteroatoms. The first kappa shape index (κ1) is 21.8. The summed E-state index contributed by atoms with van der Waals surface area (Å²) in [5, 5.41) is 9.77. The predicted molar refractivity (Wildman–Crippen MR) is 123 cm³/mol. The number of aliphatic carboxylic acids is 1. The number of amides is 1. The average Bonchev–Trinajstić information content (AvgIpc) is 3.15. The minimum absolute atomic E-state index is 0.0775. The molecule has 1 heterocycles. The van der Waals surface area contributed by atoms with E-state index < -0.39 is 16.9 Å². The largest absolute Gasteiger partial charge is 0.490 e. The van der Waals surface area contributed by atoms with E-state index in [-0.39, 0.29) is 12.0 Å². The minimum Gasteiger partial charge on any atom is -0.490 e. The van der Waals surface area contributed by atoms with Crippen molar-refractivity contribution in [3.63, 3.8) is 0 Å². The third-order valence-electron chi connectivity index (χ3n) is 6.35. The molecule has 1 saturated carbocycles. The van der Waals surface area contributed by atoms with Crippen LogP contribution in [0.5, 0.6) is 5.75 Å². The monoisotopic (exact) mass is 439 g/mol. The molecular formula is C25H29NO4S. The van der Waals surface area contributed by atoms with Gasteiger partial charge in [-0.1, -0.05) is 44.2 Å². The lowest BCUT2D eigenvalue weighted by molar-refractivity contribution is -0.142. The minimum atomic E-state index is -0.933. The van der Waals surface area contributed by atoms with Gasteiger partial charge in [-0.15, -0.1) is 11.8 Å². The van der Waals surface area contributed by atoms with E-state index in [9.17, 15) is 14.7 Å². The Labute approximate surface area is 187 Å². The number of ether oxygens (including phenoxy) is 1. The lowest BCUT2D eigenvalue weighted by Crippen LogP contribution is -2.54. The fourth-order valence-corrected chi connectivity index (χ4v) is 6.19. The van der Waals surface area contributed by atoms with Crippen LogP contribution >= 0.6 is 11.8 Å². The molecule has 5 nitrogen and oxygen atoms in total. The molecule has 2 aromatic rings. The summed E-state index contributed by atoms with van der Waals surface area (Å²) in [6, 6.07) is 16.5. The standard InChI is InChI=1S/C25H29NO4S/c1-17(2)18-8-10-20(11-9-18)30-21-12-14-25(15-13-21)26(22(16-31-25)24(28)29)23(27)19-6-4-3-5-7-19/h3-11,17,21-22H,12-16H2,1-2H3,(H,28,29)/t21?,22-,25?/m1/s1. The van der Waals surface area contributed by atoms with Crippen LogP contribution in [-0.2, 0) is 4.79 Å². The summed E-state index contributed by atoms with van der Waals surface area (Å²) >= 11 is 1.62. The summed E-state index contributed by atoms with van der Waals surface area (Å²) in [7, 11) is 0. The highest BCUT2D eigenvalue weighted by atomic mass is 32.2. The lowest BCUT2D eigenvalue weighted by Gasteiger charge is -2.43.